The Bertz CT molecular complexity index is 729. The van der Waals surface area contributed by atoms with Crippen molar-refractivity contribution < 1.29 is 13.9 Å². The van der Waals surface area contributed by atoms with Gasteiger partial charge in [0.25, 0.3) is 0 Å². The lowest BCUT2D eigenvalue weighted by molar-refractivity contribution is -0.0447. The number of fused-ring (bicyclic) bond motifs is 1. The number of rotatable bonds is 5. The van der Waals surface area contributed by atoms with Crippen molar-refractivity contribution in [3.63, 3.8) is 0 Å². The number of methoxy groups -OCH3 is 1. The summed E-state index contributed by atoms with van der Waals surface area (Å²) in [6.45, 7) is 3.58. The molecule has 2 aromatic rings. The summed E-state index contributed by atoms with van der Waals surface area (Å²) in [6.07, 6.45) is 2.84. The number of aromatic nitrogens is 1. The van der Waals surface area contributed by atoms with E-state index in [0.29, 0.717) is 13.2 Å². The van der Waals surface area contributed by atoms with Crippen LogP contribution < -0.4 is 5.32 Å². The minimum Gasteiger partial charge on any atom is -0.382 e. The number of benzene rings is 1. The van der Waals surface area contributed by atoms with Gasteiger partial charge >= 0.3 is 0 Å². The van der Waals surface area contributed by atoms with E-state index in [1.165, 1.54) is 12.1 Å². The standard InChI is InChI=1S/C18H25FN4O2/c1-20-18(23-7-8-25-15(11-23)12-24-2)21-6-5-13-10-22-17-9-14(19)3-4-16(13)17/h3-4,9-10,15,22H,5-8,11-12H2,1-2H3,(H,20,21). The van der Waals surface area contributed by atoms with Crippen LogP contribution in [0.25, 0.3) is 10.9 Å². The van der Waals surface area contributed by atoms with Crippen LogP contribution in [-0.2, 0) is 15.9 Å². The number of guanidine groups is 1. The van der Waals surface area contributed by atoms with Crippen molar-refractivity contribution in [2.45, 2.75) is 12.5 Å². The van der Waals surface area contributed by atoms with Crippen LogP contribution in [0.5, 0.6) is 0 Å². The first-order valence-corrected chi connectivity index (χ1v) is 8.53. The number of halogens is 1. The molecule has 2 N–H and O–H groups in total. The van der Waals surface area contributed by atoms with Crippen LogP contribution in [0.1, 0.15) is 5.56 Å². The van der Waals surface area contributed by atoms with Gasteiger partial charge in [0, 0.05) is 50.9 Å². The zero-order valence-corrected chi connectivity index (χ0v) is 14.7. The Morgan fingerprint density at radius 2 is 2.40 bits per heavy atom. The second kappa shape index (κ2) is 8.31. The summed E-state index contributed by atoms with van der Waals surface area (Å²) in [5.41, 5.74) is 1.99. The fourth-order valence-corrected chi connectivity index (χ4v) is 3.21. The fourth-order valence-electron chi connectivity index (χ4n) is 3.21. The maximum absolute atomic E-state index is 13.3. The quantitative estimate of drug-likeness (QED) is 0.639. The van der Waals surface area contributed by atoms with Crippen LogP contribution in [0.3, 0.4) is 0 Å². The molecule has 1 saturated heterocycles. The number of hydrogen-bond donors (Lipinski definition) is 2. The molecule has 0 spiro atoms. The second-order valence-electron chi connectivity index (χ2n) is 6.12. The van der Waals surface area contributed by atoms with Gasteiger partial charge in [0.1, 0.15) is 5.82 Å². The van der Waals surface area contributed by atoms with Crippen molar-refractivity contribution in [1.29, 1.82) is 0 Å². The van der Waals surface area contributed by atoms with E-state index in [4.69, 9.17) is 9.47 Å². The van der Waals surface area contributed by atoms with Gasteiger partial charge in [-0.15, -0.1) is 0 Å². The SMILES string of the molecule is CN=C(NCCc1c[nH]c2cc(F)ccc12)N1CCOC(COC)C1. The zero-order valence-electron chi connectivity index (χ0n) is 14.7. The summed E-state index contributed by atoms with van der Waals surface area (Å²) in [7, 11) is 3.47. The lowest BCUT2D eigenvalue weighted by Crippen LogP contribution is -2.51. The number of nitrogens with zero attached hydrogens (tertiary/aromatic N) is 2. The molecule has 136 valence electrons. The van der Waals surface area contributed by atoms with E-state index in [1.807, 2.05) is 12.3 Å². The van der Waals surface area contributed by atoms with Crippen molar-refractivity contribution in [2.75, 3.05) is 47.0 Å². The average Bonchev–Trinajstić information content (AvgIpc) is 3.01. The lowest BCUT2D eigenvalue weighted by Gasteiger charge is -2.34. The van der Waals surface area contributed by atoms with Gasteiger partial charge in [0.05, 0.1) is 19.3 Å². The minimum absolute atomic E-state index is 0.0702. The summed E-state index contributed by atoms with van der Waals surface area (Å²) in [4.78, 5) is 9.69. The fraction of sp³-hybridized carbons (Fsp3) is 0.500. The highest BCUT2D eigenvalue weighted by atomic mass is 19.1. The molecule has 7 heteroatoms. The Kier molecular flexibility index (Phi) is 5.88. The molecule has 1 fully saturated rings. The molecule has 6 nitrogen and oxygen atoms in total. The van der Waals surface area contributed by atoms with Gasteiger partial charge in [-0.2, -0.15) is 0 Å². The van der Waals surface area contributed by atoms with E-state index in [0.717, 1.165) is 48.5 Å². The first-order valence-electron chi connectivity index (χ1n) is 8.53. The first-order chi connectivity index (χ1) is 12.2. The van der Waals surface area contributed by atoms with Gasteiger partial charge in [-0.25, -0.2) is 4.39 Å². The molecular weight excluding hydrogens is 323 g/mol. The Balaban J connectivity index is 1.56. The van der Waals surface area contributed by atoms with Crippen LogP contribution in [0.2, 0.25) is 0 Å². The largest absolute Gasteiger partial charge is 0.382 e. The molecule has 0 radical (unpaired) electrons. The molecule has 1 atom stereocenters. The van der Waals surface area contributed by atoms with E-state index in [-0.39, 0.29) is 11.9 Å². The zero-order chi connectivity index (χ0) is 17.6. The highest BCUT2D eigenvalue weighted by Crippen LogP contribution is 2.19. The van der Waals surface area contributed by atoms with Crippen molar-refractivity contribution in [2.24, 2.45) is 4.99 Å². The predicted molar refractivity (Wildman–Crippen MR) is 96.5 cm³/mol. The van der Waals surface area contributed by atoms with Crippen molar-refractivity contribution >= 4 is 16.9 Å². The van der Waals surface area contributed by atoms with Crippen LogP contribution >= 0.6 is 0 Å². The van der Waals surface area contributed by atoms with Gasteiger partial charge in [-0.1, -0.05) is 0 Å². The molecule has 1 aliphatic rings. The molecule has 1 aliphatic heterocycles. The summed E-state index contributed by atoms with van der Waals surface area (Å²) < 4.78 is 24.1. The Labute approximate surface area is 147 Å². The highest BCUT2D eigenvalue weighted by molar-refractivity contribution is 5.83. The summed E-state index contributed by atoms with van der Waals surface area (Å²) in [5, 5.41) is 4.47. The molecule has 0 amide bonds. The lowest BCUT2D eigenvalue weighted by atomic mass is 10.1. The van der Waals surface area contributed by atoms with E-state index < -0.39 is 0 Å². The number of nitrogens with one attached hydrogen (secondary N) is 2. The van der Waals surface area contributed by atoms with Gasteiger partial charge in [-0.05, 0) is 30.2 Å². The van der Waals surface area contributed by atoms with Crippen LogP contribution in [0.15, 0.2) is 29.4 Å². The Hall–Kier alpha value is -2.12. The van der Waals surface area contributed by atoms with Crippen LogP contribution in [-0.4, -0.2) is 69.0 Å². The molecule has 3 rings (SSSR count). The van der Waals surface area contributed by atoms with Crippen LogP contribution in [0.4, 0.5) is 4.39 Å². The molecule has 1 aromatic carbocycles. The number of hydrogen-bond acceptors (Lipinski definition) is 3. The smallest absolute Gasteiger partial charge is 0.193 e. The van der Waals surface area contributed by atoms with Gasteiger partial charge in [0.15, 0.2) is 5.96 Å². The van der Waals surface area contributed by atoms with E-state index in [1.54, 1.807) is 14.2 Å². The topological polar surface area (TPSA) is 61.9 Å². The van der Waals surface area contributed by atoms with Gasteiger partial charge in [-0.3, -0.25) is 4.99 Å². The van der Waals surface area contributed by atoms with E-state index in [9.17, 15) is 4.39 Å². The number of aliphatic imine (C=N–C) groups is 1. The minimum atomic E-state index is -0.225. The monoisotopic (exact) mass is 348 g/mol. The normalized spacial score (nSPS) is 18.8. The Morgan fingerprint density at radius 1 is 1.52 bits per heavy atom. The van der Waals surface area contributed by atoms with E-state index in [2.05, 4.69) is 20.2 Å². The maximum Gasteiger partial charge on any atom is 0.193 e. The number of morpholine rings is 1. The van der Waals surface area contributed by atoms with E-state index >= 15 is 0 Å². The molecule has 1 unspecified atom stereocenters. The van der Waals surface area contributed by atoms with Crippen molar-refractivity contribution in [3.8, 4) is 0 Å². The number of ether oxygens (including phenoxy) is 2. The highest BCUT2D eigenvalue weighted by Gasteiger charge is 2.22. The van der Waals surface area contributed by atoms with Crippen molar-refractivity contribution in [3.05, 3.63) is 35.8 Å². The summed E-state index contributed by atoms with van der Waals surface area (Å²) in [6, 6.07) is 4.84. The van der Waals surface area contributed by atoms with Gasteiger partial charge in [0.2, 0.25) is 0 Å². The molecule has 1 aromatic heterocycles. The molecular formula is C18H25FN4O2. The van der Waals surface area contributed by atoms with Gasteiger partial charge < -0.3 is 24.7 Å². The molecule has 2 heterocycles. The summed E-state index contributed by atoms with van der Waals surface area (Å²) in [5.74, 6) is 0.646. The van der Waals surface area contributed by atoms with Crippen LogP contribution in [0, 0.1) is 5.82 Å². The average molecular weight is 348 g/mol. The molecule has 0 bridgehead atoms. The first kappa shape index (κ1) is 17.7. The van der Waals surface area contributed by atoms with Crippen molar-refractivity contribution in [1.82, 2.24) is 15.2 Å². The third-order valence-electron chi connectivity index (χ3n) is 4.41. The number of H-pyrrole nitrogens is 1. The molecule has 25 heavy (non-hydrogen) atoms. The maximum atomic E-state index is 13.3. The Morgan fingerprint density at radius 3 is 3.20 bits per heavy atom. The summed E-state index contributed by atoms with van der Waals surface area (Å²) >= 11 is 0. The second-order valence-corrected chi connectivity index (χ2v) is 6.12. The molecule has 0 saturated carbocycles. The third-order valence-corrected chi connectivity index (χ3v) is 4.41. The molecule has 0 aliphatic carbocycles. The number of aromatic amines is 1. The third kappa shape index (κ3) is 4.29. The predicted octanol–water partition coefficient (Wildman–Crippen LogP) is 1.77.